The number of methoxy groups -OCH3 is 2. The Morgan fingerprint density at radius 2 is 1.85 bits per heavy atom. The van der Waals surface area contributed by atoms with Crippen LogP contribution in [0.15, 0.2) is 41.0 Å². The number of fused-ring (bicyclic) bond motifs is 6. The highest BCUT2D eigenvalue weighted by molar-refractivity contribution is 5.86. The van der Waals surface area contributed by atoms with Crippen LogP contribution in [0.4, 0.5) is 0 Å². The molecule has 3 heterocycles. The molecule has 0 fully saturated rings. The maximum absolute atomic E-state index is 11.2. The van der Waals surface area contributed by atoms with Crippen molar-refractivity contribution in [1.29, 1.82) is 0 Å². The van der Waals surface area contributed by atoms with Crippen molar-refractivity contribution in [2.24, 2.45) is 0 Å². The second kappa shape index (κ2) is 5.57. The van der Waals surface area contributed by atoms with Gasteiger partial charge in [0.1, 0.15) is 29.8 Å². The van der Waals surface area contributed by atoms with Gasteiger partial charge in [0.2, 0.25) is 0 Å². The number of furan rings is 1. The smallest absolute Gasteiger partial charge is 0.164 e. The van der Waals surface area contributed by atoms with E-state index < -0.39 is 6.10 Å². The quantitative estimate of drug-likeness (QED) is 0.760. The summed E-state index contributed by atoms with van der Waals surface area (Å²) in [5.41, 5.74) is 2.34. The van der Waals surface area contributed by atoms with Gasteiger partial charge in [0, 0.05) is 17.2 Å². The summed E-state index contributed by atoms with van der Waals surface area (Å²) in [6, 6.07) is 9.23. The number of aliphatic hydroxyl groups excluding tert-OH is 1. The molecule has 1 N–H and O–H groups in total. The molecule has 0 saturated carbocycles. The summed E-state index contributed by atoms with van der Waals surface area (Å²) in [6.45, 7) is 0.345. The van der Waals surface area contributed by atoms with Crippen LogP contribution in [0.2, 0.25) is 0 Å². The van der Waals surface area contributed by atoms with Gasteiger partial charge in [-0.1, -0.05) is 0 Å². The zero-order chi connectivity index (χ0) is 17.8. The highest BCUT2D eigenvalue weighted by Gasteiger charge is 2.44. The SMILES string of the molecule is COc1cc2c(cc1OC)C1C(CO2)Oc2c(ccc3occc23)C1O. The van der Waals surface area contributed by atoms with Gasteiger partial charge in [-0.25, -0.2) is 0 Å². The van der Waals surface area contributed by atoms with Crippen LogP contribution in [-0.2, 0) is 0 Å². The van der Waals surface area contributed by atoms with Crippen molar-refractivity contribution in [3.63, 3.8) is 0 Å². The molecule has 2 aliphatic rings. The van der Waals surface area contributed by atoms with Crippen molar-refractivity contribution < 1.29 is 28.5 Å². The maximum atomic E-state index is 11.2. The third-order valence-electron chi connectivity index (χ3n) is 5.22. The first-order valence-corrected chi connectivity index (χ1v) is 8.45. The Kier molecular flexibility index (Phi) is 3.30. The maximum Gasteiger partial charge on any atom is 0.164 e. The molecule has 2 aromatic carbocycles. The fraction of sp³-hybridized carbons (Fsp3) is 0.300. The van der Waals surface area contributed by atoms with Crippen LogP contribution in [0.3, 0.4) is 0 Å². The van der Waals surface area contributed by atoms with E-state index in [9.17, 15) is 5.11 Å². The predicted octanol–water partition coefficient (Wildman–Crippen LogP) is 3.42. The van der Waals surface area contributed by atoms with Crippen molar-refractivity contribution in [3.8, 4) is 23.0 Å². The summed E-state index contributed by atoms with van der Waals surface area (Å²) in [7, 11) is 3.17. The van der Waals surface area contributed by atoms with Gasteiger partial charge in [0.25, 0.3) is 0 Å². The molecule has 3 unspecified atom stereocenters. The van der Waals surface area contributed by atoms with E-state index in [1.54, 1.807) is 26.5 Å². The Hall–Kier alpha value is -2.86. The molecule has 26 heavy (non-hydrogen) atoms. The lowest BCUT2D eigenvalue weighted by molar-refractivity contribution is 0.00247. The standard InChI is InChI=1S/C20H18O6/c1-22-15-7-12-14(8-16(15)23-2)25-9-17-18(12)19(21)11-3-4-13-10(5-6-24-13)20(11)26-17/h3-8,17-19,21H,9H2,1-2H3. The van der Waals surface area contributed by atoms with E-state index in [0.717, 1.165) is 22.1 Å². The van der Waals surface area contributed by atoms with Crippen molar-refractivity contribution in [2.45, 2.75) is 18.1 Å². The highest BCUT2D eigenvalue weighted by atomic mass is 16.5. The van der Waals surface area contributed by atoms with Gasteiger partial charge < -0.3 is 28.5 Å². The van der Waals surface area contributed by atoms with Crippen LogP contribution < -0.4 is 18.9 Å². The monoisotopic (exact) mass is 354 g/mol. The second-order valence-electron chi connectivity index (χ2n) is 6.50. The molecule has 0 radical (unpaired) electrons. The topological polar surface area (TPSA) is 70.3 Å². The zero-order valence-electron chi connectivity index (χ0n) is 14.4. The van der Waals surface area contributed by atoms with Crippen molar-refractivity contribution in [1.82, 2.24) is 0 Å². The Bertz CT molecular complexity index is 991. The molecular formula is C20H18O6. The minimum Gasteiger partial charge on any atom is -0.493 e. The number of hydrogen-bond acceptors (Lipinski definition) is 6. The third kappa shape index (κ3) is 2.02. The van der Waals surface area contributed by atoms with Crippen LogP contribution in [-0.4, -0.2) is 32.0 Å². The molecule has 5 rings (SSSR count). The van der Waals surface area contributed by atoms with E-state index in [0.29, 0.717) is 29.6 Å². The Morgan fingerprint density at radius 1 is 1.04 bits per heavy atom. The van der Waals surface area contributed by atoms with E-state index in [-0.39, 0.29) is 12.0 Å². The molecule has 0 saturated heterocycles. The van der Waals surface area contributed by atoms with E-state index in [1.165, 1.54) is 0 Å². The third-order valence-corrected chi connectivity index (χ3v) is 5.22. The summed E-state index contributed by atoms with van der Waals surface area (Å²) >= 11 is 0. The number of rotatable bonds is 2. The van der Waals surface area contributed by atoms with Crippen LogP contribution in [0, 0.1) is 0 Å². The lowest BCUT2D eigenvalue weighted by Crippen LogP contribution is -2.41. The molecule has 0 aliphatic carbocycles. The minimum atomic E-state index is -0.719. The molecule has 2 aliphatic heterocycles. The Morgan fingerprint density at radius 3 is 2.65 bits per heavy atom. The van der Waals surface area contributed by atoms with E-state index in [4.69, 9.17) is 23.4 Å². The predicted molar refractivity (Wildman–Crippen MR) is 93.4 cm³/mol. The molecular weight excluding hydrogens is 336 g/mol. The number of benzene rings is 2. The molecule has 134 valence electrons. The molecule has 0 amide bonds. The van der Waals surface area contributed by atoms with Crippen molar-refractivity contribution in [2.75, 3.05) is 20.8 Å². The Labute approximate surface area is 149 Å². The highest BCUT2D eigenvalue weighted by Crippen LogP contribution is 2.52. The number of aliphatic hydroxyl groups is 1. The average Bonchev–Trinajstić information content (AvgIpc) is 3.15. The van der Waals surface area contributed by atoms with E-state index in [2.05, 4.69) is 0 Å². The number of hydrogen-bond donors (Lipinski definition) is 1. The van der Waals surface area contributed by atoms with Crippen molar-refractivity contribution >= 4 is 11.0 Å². The molecule has 1 aromatic heterocycles. The molecule has 0 spiro atoms. The zero-order valence-corrected chi connectivity index (χ0v) is 14.4. The van der Waals surface area contributed by atoms with Gasteiger partial charge in [0.15, 0.2) is 11.5 Å². The van der Waals surface area contributed by atoms with Gasteiger partial charge >= 0.3 is 0 Å². The minimum absolute atomic E-state index is 0.254. The van der Waals surface area contributed by atoms with E-state index >= 15 is 0 Å². The second-order valence-corrected chi connectivity index (χ2v) is 6.50. The van der Waals surface area contributed by atoms with Crippen LogP contribution in [0.5, 0.6) is 23.0 Å². The lowest BCUT2D eigenvalue weighted by Gasteiger charge is -2.41. The van der Waals surface area contributed by atoms with Crippen LogP contribution >= 0.6 is 0 Å². The number of ether oxygens (including phenoxy) is 4. The first-order valence-electron chi connectivity index (χ1n) is 8.45. The summed E-state index contributed by atoms with van der Waals surface area (Å²) in [6.07, 6.45) is 0.601. The van der Waals surface area contributed by atoms with Gasteiger partial charge in [-0.2, -0.15) is 0 Å². The fourth-order valence-electron chi connectivity index (χ4n) is 3.96. The van der Waals surface area contributed by atoms with E-state index in [1.807, 2.05) is 24.3 Å². The molecule has 3 atom stereocenters. The average molecular weight is 354 g/mol. The summed E-state index contributed by atoms with van der Waals surface area (Å²) in [5.74, 6) is 2.28. The Balaban J connectivity index is 1.66. The first kappa shape index (κ1) is 15.4. The van der Waals surface area contributed by atoms with Crippen molar-refractivity contribution in [3.05, 3.63) is 47.7 Å². The molecule has 6 heteroatoms. The lowest BCUT2D eigenvalue weighted by atomic mass is 9.80. The first-order chi connectivity index (χ1) is 12.7. The van der Waals surface area contributed by atoms with Gasteiger partial charge in [-0.3, -0.25) is 0 Å². The molecule has 6 nitrogen and oxygen atoms in total. The normalized spacial score (nSPS) is 23.3. The van der Waals surface area contributed by atoms with Gasteiger partial charge in [-0.15, -0.1) is 0 Å². The fourth-order valence-corrected chi connectivity index (χ4v) is 3.96. The molecule has 3 aromatic rings. The van der Waals surface area contributed by atoms with Gasteiger partial charge in [-0.05, 0) is 24.3 Å². The summed E-state index contributed by atoms with van der Waals surface area (Å²) in [4.78, 5) is 0. The van der Waals surface area contributed by atoms with Crippen LogP contribution in [0.25, 0.3) is 11.0 Å². The molecule has 0 bridgehead atoms. The summed E-state index contributed by atoms with van der Waals surface area (Å²) < 4.78 is 28.4. The largest absolute Gasteiger partial charge is 0.493 e. The summed E-state index contributed by atoms with van der Waals surface area (Å²) in [5, 5.41) is 12.0. The van der Waals surface area contributed by atoms with Gasteiger partial charge in [0.05, 0.1) is 37.9 Å². The van der Waals surface area contributed by atoms with Crippen LogP contribution in [0.1, 0.15) is 23.1 Å².